The first-order valence-corrected chi connectivity index (χ1v) is 11.8. The van der Waals surface area contributed by atoms with E-state index in [1.165, 1.54) is 10.6 Å². The zero-order valence-electron chi connectivity index (χ0n) is 18.6. The predicted molar refractivity (Wildman–Crippen MR) is 131 cm³/mol. The van der Waals surface area contributed by atoms with E-state index >= 15 is 0 Å². The fourth-order valence-electron chi connectivity index (χ4n) is 4.96. The van der Waals surface area contributed by atoms with Crippen LogP contribution >= 0.6 is 11.3 Å². The van der Waals surface area contributed by atoms with Crippen LogP contribution in [0.25, 0.3) is 11.1 Å². The van der Waals surface area contributed by atoms with E-state index in [0.29, 0.717) is 5.56 Å². The minimum atomic E-state index is -0.677. The summed E-state index contributed by atoms with van der Waals surface area (Å²) in [6.07, 6.45) is 0. The molecule has 2 aliphatic heterocycles. The van der Waals surface area contributed by atoms with Gasteiger partial charge in [0.2, 0.25) is 5.91 Å². The van der Waals surface area contributed by atoms with Gasteiger partial charge in [-0.1, -0.05) is 30.3 Å². The fraction of sp³-hybridized carbons (Fsp3) is 0.269. The fourth-order valence-corrected chi connectivity index (χ4v) is 6.04. The molecule has 2 atom stereocenters. The second-order valence-electron chi connectivity index (χ2n) is 8.94. The molecule has 0 spiro atoms. The number of carbonyl (C=O) groups is 1. The number of para-hydroxylation sites is 1. The molecule has 1 amide bonds. The van der Waals surface area contributed by atoms with Crippen molar-refractivity contribution in [1.82, 2.24) is 10.2 Å². The van der Waals surface area contributed by atoms with Crippen LogP contribution in [0, 0.1) is 28.6 Å². The number of hydrogen-bond acceptors (Lipinski definition) is 5. The van der Waals surface area contributed by atoms with Gasteiger partial charge < -0.3 is 10.2 Å². The lowest BCUT2D eigenvalue weighted by molar-refractivity contribution is -0.138. The third-order valence-electron chi connectivity index (χ3n) is 6.87. The number of guanidine groups is 1. The number of nitrogens with one attached hydrogen (secondary N) is 2. The highest BCUT2D eigenvalue weighted by atomic mass is 32.1. The highest BCUT2D eigenvalue weighted by Crippen LogP contribution is 2.45. The molecule has 6 nitrogen and oxygen atoms in total. The number of hydrogen-bond donors (Lipinski definition) is 2. The Kier molecular flexibility index (Phi) is 5.18. The maximum atomic E-state index is 13.5. The Morgan fingerprint density at radius 3 is 2.61 bits per heavy atom. The van der Waals surface area contributed by atoms with Gasteiger partial charge in [-0.2, -0.15) is 5.26 Å². The van der Waals surface area contributed by atoms with Crippen LogP contribution < -0.4 is 10.2 Å². The average Bonchev–Trinajstić information content (AvgIpc) is 3.31. The van der Waals surface area contributed by atoms with Crippen molar-refractivity contribution in [3.8, 4) is 17.2 Å². The molecule has 33 heavy (non-hydrogen) atoms. The molecule has 1 aromatic heterocycles. The highest BCUT2D eigenvalue weighted by Gasteiger charge is 2.54. The number of anilines is 1. The Bertz CT molecular complexity index is 1260. The molecular formula is C26H25N5OS. The number of carbonyl (C=O) groups excluding carboxylic acids is 1. The largest absolute Gasteiger partial charge is 0.371 e. The number of thiophene rings is 1. The Hall–Kier alpha value is -3.63. The average molecular weight is 456 g/mol. The molecule has 3 aromatic rings. The van der Waals surface area contributed by atoms with Crippen LogP contribution in [0.4, 0.5) is 5.69 Å². The highest BCUT2D eigenvalue weighted by molar-refractivity contribution is 7.10. The van der Waals surface area contributed by atoms with Gasteiger partial charge in [-0.05, 0) is 53.8 Å². The van der Waals surface area contributed by atoms with Crippen LogP contribution in [0.3, 0.4) is 0 Å². The van der Waals surface area contributed by atoms with Gasteiger partial charge in [0.25, 0.3) is 0 Å². The Balaban J connectivity index is 1.46. The molecule has 2 aliphatic rings. The summed E-state index contributed by atoms with van der Waals surface area (Å²) >= 11 is 1.60. The summed E-state index contributed by atoms with van der Waals surface area (Å²) in [4.78, 5) is 18.2. The van der Waals surface area contributed by atoms with Gasteiger partial charge in [0.15, 0.2) is 5.96 Å². The number of nitrogens with zero attached hydrogens (tertiary/aromatic N) is 3. The molecule has 2 fully saturated rings. The van der Waals surface area contributed by atoms with Gasteiger partial charge in [-0.3, -0.25) is 15.1 Å². The number of benzene rings is 2. The van der Waals surface area contributed by atoms with Crippen molar-refractivity contribution < 1.29 is 4.79 Å². The SMILES string of the molecule is CN1C(=N)N[C@](C)(c2cc(-c3cccc(C#N)c3)cs2)C(C2CN(c3ccccc3)C2)C1=O. The summed E-state index contributed by atoms with van der Waals surface area (Å²) in [6, 6.07) is 22.1. The molecule has 2 N–H and O–H groups in total. The van der Waals surface area contributed by atoms with E-state index in [2.05, 4.69) is 39.9 Å². The summed E-state index contributed by atoms with van der Waals surface area (Å²) in [5.74, 6) is 0.00605. The molecule has 0 aliphatic carbocycles. The molecule has 2 aromatic carbocycles. The topological polar surface area (TPSA) is 83.2 Å². The summed E-state index contributed by atoms with van der Waals surface area (Å²) in [6.45, 7) is 3.66. The molecule has 5 rings (SSSR count). The second-order valence-corrected chi connectivity index (χ2v) is 9.85. The Morgan fingerprint density at radius 2 is 1.88 bits per heavy atom. The lowest BCUT2D eigenvalue weighted by Gasteiger charge is -2.53. The monoisotopic (exact) mass is 455 g/mol. The Morgan fingerprint density at radius 1 is 1.12 bits per heavy atom. The summed E-state index contributed by atoms with van der Waals surface area (Å²) < 4.78 is 0. The van der Waals surface area contributed by atoms with Crippen molar-refractivity contribution in [3.05, 3.63) is 76.5 Å². The summed E-state index contributed by atoms with van der Waals surface area (Å²) in [5, 5.41) is 23.1. The second kappa shape index (κ2) is 8.05. The van der Waals surface area contributed by atoms with Gasteiger partial charge in [-0.15, -0.1) is 11.3 Å². The molecular weight excluding hydrogens is 430 g/mol. The van der Waals surface area contributed by atoms with E-state index in [-0.39, 0.29) is 23.7 Å². The first-order valence-electron chi connectivity index (χ1n) is 10.9. The molecule has 1 unspecified atom stereocenters. The third kappa shape index (κ3) is 3.57. The maximum Gasteiger partial charge on any atom is 0.235 e. The maximum absolute atomic E-state index is 13.5. The van der Waals surface area contributed by atoms with E-state index in [1.54, 1.807) is 24.5 Å². The van der Waals surface area contributed by atoms with Gasteiger partial charge in [0.05, 0.1) is 23.1 Å². The quantitative estimate of drug-likeness (QED) is 0.616. The minimum absolute atomic E-state index is 0.0135. The first kappa shape index (κ1) is 21.2. The van der Waals surface area contributed by atoms with Gasteiger partial charge in [-0.25, -0.2) is 0 Å². The van der Waals surface area contributed by atoms with Crippen LogP contribution in [-0.4, -0.2) is 36.9 Å². The predicted octanol–water partition coefficient (Wildman–Crippen LogP) is 4.25. The van der Waals surface area contributed by atoms with Crippen molar-refractivity contribution in [3.63, 3.8) is 0 Å². The minimum Gasteiger partial charge on any atom is -0.371 e. The van der Waals surface area contributed by atoms with Gasteiger partial charge in [0.1, 0.15) is 0 Å². The molecule has 0 saturated carbocycles. The first-order chi connectivity index (χ1) is 15.9. The van der Waals surface area contributed by atoms with Crippen molar-refractivity contribution in [2.24, 2.45) is 11.8 Å². The number of rotatable bonds is 4. The van der Waals surface area contributed by atoms with E-state index in [4.69, 9.17) is 5.41 Å². The van der Waals surface area contributed by atoms with Gasteiger partial charge in [0, 0.05) is 36.6 Å². The van der Waals surface area contributed by atoms with Crippen molar-refractivity contribution in [2.45, 2.75) is 12.5 Å². The van der Waals surface area contributed by atoms with Crippen LogP contribution in [0.15, 0.2) is 66.0 Å². The van der Waals surface area contributed by atoms with Crippen LogP contribution in [-0.2, 0) is 10.3 Å². The molecule has 0 bridgehead atoms. The van der Waals surface area contributed by atoms with Crippen LogP contribution in [0.5, 0.6) is 0 Å². The zero-order chi connectivity index (χ0) is 23.2. The number of amides is 1. The van der Waals surface area contributed by atoms with Crippen LogP contribution in [0.1, 0.15) is 17.4 Å². The van der Waals surface area contributed by atoms with Gasteiger partial charge >= 0.3 is 0 Å². The third-order valence-corrected chi connectivity index (χ3v) is 8.04. The van der Waals surface area contributed by atoms with E-state index in [9.17, 15) is 10.1 Å². The molecule has 2 saturated heterocycles. The van der Waals surface area contributed by atoms with Crippen molar-refractivity contribution >= 4 is 28.9 Å². The van der Waals surface area contributed by atoms with E-state index < -0.39 is 5.54 Å². The lowest BCUT2D eigenvalue weighted by Crippen LogP contribution is -2.69. The number of nitriles is 1. The summed E-state index contributed by atoms with van der Waals surface area (Å²) in [5.41, 5.74) is 3.11. The molecule has 0 radical (unpaired) electrons. The molecule has 166 valence electrons. The molecule has 7 heteroatoms. The van der Waals surface area contributed by atoms with Crippen LogP contribution in [0.2, 0.25) is 0 Å². The zero-order valence-corrected chi connectivity index (χ0v) is 19.4. The smallest absolute Gasteiger partial charge is 0.235 e. The van der Waals surface area contributed by atoms with Crippen molar-refractivity contribution in [2.75, 3.05) is 25.0 Å². The molecule has 3 heterocycles. The van der Waals surface area contributed by atoms with E-state index in [0.717, 1.165) is 29.1 Å². The Labute approximate surface area is 197 Å². The van der Waals surface area contributed by atoms with Crippen molar-refractivity contribution in [1.29, 1.82) is 10.7 Å². The van der Waals surface area contributed by atoms with E-state index in [1.807, 2.05) is 43.3 Å². The normalized spacial score (nSPS) is 23.1. The summed E-state index contributed by atoms with van der Waals surface area (Å²) in [7, 11) is 1.67. The lowest BCUT2D eigenvalue weighted by atomic mass is 9.70. The standard InChI is InChI=1S/C26H25N5OS/c1-26(22-12-19(16-33-22)18-8-6-7-17(11-18)13-27)23(24(32)30(2)25(28)29-26)20-14-31(15-20)21-9-4-3-5-10-21/h3-12,16,20,23H,14-15H2,1-2H3,(H2,28,29)/t23?,26-/m1/s1.